The fourth-order valence-corrected chi connectivity index (χ4v) is 1.16. The standard InChI is InChI=1S/C12H11NO2/c13-9-1-2-10-3-5-11(6-4-10)7-8-12(14)15/h3-8H,1-2H2,(H,14,15)/b8-7+. The van der Waals surface area contributed by atoms with Gasteiger partial charge < -0.3 is 5.11 Å². The average Bonchev–Trinajstić information content (AvgIpc) is 2.25. The lowest BCUT2D eigenvalue weighted by atomic mass is 10.1. The molecule has 0 atom stereocenters. The van der Waals surface area contributed by atoms with E-state index in [1.807, 2.05) is 24.3 Å². The second kappa shape index (κ2) is 5.61. The lowest BCUT2D eigenvalue weighted by Crippen LogP contribution is -1.86. The minimum Gasteiger partial charge on any atom is -0.478 e. The largest absolute Gasteiger partial charge is 0.478 e. The van der Waals surface area contributed by atoms with Gasteiger partial charge in [0.25, 0.3) is 0 Å². The molecule has 0 saturated carbocycles. The minimum absolute atomic E-state index is 0.504. The first-order valence-corrected chi connectivity index (χ1v) is 4.59. The molecule has 3 nitrogen and oxygen atoms in total. The highest BCUT2D eigenvalue weighted by molar-refractivity contribution is 5.85. The number of hydrogen-bond acceptors (Lipinski definition) is 2. The Balaban J connectivity index is 2.64. The van der Waals surface area contributed by atoms with E-state index >= 15 is 0 Å². The zero-order chi connectivity index (χ0) is 11.1. The van der Waals surface area contributed by atoms with Crippen LogP contribution in [0.25, 0.3) is 6.08 Å². The van der Waals surface area contributed by atoms with Crippen molar-refractivity contribution in [3.8, 4) is 6.07 Å². The van der Waals surface area contributed by atoms with Crippen molar-refractivity contribution in [1.82, 2.24) is 0 Å². The van der Waals surface area contributed by atoms with Crippen LogP contribution in [0.3, 0.4) is 0 Å². The smallest absolute Gasteiger partial charge is 0.328 e. The van der Waals surface area contributed by atoms with Gasteiger partial charge in [-0.3, -0.25) is 0 Å². The summed E-state index contributed by atoms with van der Waals surface area (Å²) in [5.74, 6) is -0.955. The van der Waals surface area contributed by atoms with Gasteiger partial charge in [0.05, 0.1) is 6.07 Å². The highest BCUT2D eigenvalue weighted by atomic mass is 16.4. The lowest BCUT2D eigenvalue weighted by Gasteiger charge is -1.97. The molecular weight excluding hydrogens is 190 g/mol. The Morgan fingerprint density at radius 1 is 1.40 bits per heavy atom. The van der Waals surface area contributed by atoms with Crippen molar-refractivity contribution in [1.29, 1.82) is 5.26 Å². The van der Waals surface area contributed by atoms with Crippen molar-refractivity contribution in [2.24, 2.45) is 0 Å². The van der Waals surface area contributed by atoms with E-state index in [2.05, 4.69) is 6.07 Å². The van der Waals surface area contributed by atoms with Gasteiger partial charge in [-0.25, -0.2) is 4.79 Å². The molecule has 1 aromatic carbocycles. The van der Waals surface area contributed by atoms with Gasteiger partial charge in [-0.2, -0.15) is 5.26 Å². The van der Waals surface area contributed by atoms with Crippen molar-refractivity contribution in [3.05, 3.63) is 41.5 Å². The molecular formula is C12H11NO2. The van der Waals surface area contributed by atoms with E-state index in [0.29, 0.717) is 6.42 Å². The average molecular weight is 201 g/mol. The van der Waals surface area contributed by atoms with E-state index in [9.17, 15) is 4.79 Å². The molecule has 0 unspecified atom stereocenters. The summed E-state index contributed by atoms with van der Waals surface area (Å²) in [5.41, 5.74) is 1.93. The normalized spacial score (nSPS) is 10.1. The molecule has 3 heteroatoms. The van der Waals surface area contributed by atoms with Gasteiger partial charge in [0.2, 0.25) is 0 Å². The Labute approximate surface area is 88.3 Å². The van der Waals surface area contributed by atoms with Gasteiger partial charge in [0.15, 0.2) is 0 Å². The van der Waals surface area contributed by atoms with E-state index in [4.69, 9.17) is 10.4 Å². The zero-order valence-corrected chi connectivity index (χ0v) is 8.18. The third-order valence-corrected chi connectivity index (χ3v) is 1.92. The molecule has 0 aliphatic heterocycles. The third kappa shape index (κ3) is 4.10. The van der Waals surface area contributed by atoms with Crippen LogP contribution in [0.15, 0.2) is 30.3 Å². The van der Waals surface area contributed by atoms with Gasteiger partial charge in [-0.05, 0) is 23.6 Å². The molecule has 0 aromatic heterocycles. The number of aliphatic carboxylic acids is 1. The van der Waals surface area contributed by atoms with Gasteiger partial charge in [-0.1, -0.05) is 24.3 Å². The highest BCUT2D eigenvalue weighted by Gasteiger charge is 1.93. The molecule has 0 heterocycles. The Hall–Kier alpha value is -2.08. The van der Waals surface area contributed by atoms with Crippen LogP contribution >= 0.6 is 0 Å². The molecule has 0 bridgehead atoms. The van der Waals surface area contributed by atoms with Gasteiger partial charge in [-0.15, -0.1) is 0 Å². The summed E-state index contributed by atoms with van der Waals surface area (Å²) >= 11 is 0. The highest BCUT2D eigenvalue weighted by Crippen LogP contribution is 2.07. The predicted octanol–water partition coefficient (Wildman–Crippen LogP) is 2.24. The molecule has 76 valence electrons. The Bertz CT molecular complexity index is 399. The van der Waals surface area contributed by atoms with Crippen LogP contribution in [-0.4, -0.2) is 11.1 Å². The Kier molecular flexibility index (Phi) is 4.11. The molecule has 0 fully saturated rings. The molecule has 15 heavy (non-hydrogen) atoms. The number of hydrogen-bond donors (Lipinski definition) is 1. The van der Waals surface area contributed by atoms with Crippen LogP contribution in [0.4, 0.5) is 0 Å². The number of carboxylic acid groups (broad SMARTS) is 1. The molecule has 0 aliphatic carbocycles. The summed E-state index contributed by atoms with van der Waals surface area (Å²) in [7, 11) is 0. The molecule has 1 rings (SSSR count). The molecule has 0 aliphatic rings. The monoisotopic (exact) mass is 201 g/mol. The molecule has 0 spiro atoms. The Morgan fingerprint density at radius 3 is 2.60 bits per heavy atom. The first-order valence-electron chi connectivity index (χ1n) is 4.59. The fraction of sp³-hybridized carbons (Fsp3) is 0.167. The maximum absolute atomic E-state index is 10.3. The number of carbonyl (C=O) groups is 1. The lowest BCUT2D eigenvalue weighted by molar-refractivity contribution is -0.131. The van der Waals surface area contributed by atoms with E-state index in [-0.39, 0.29) is 0 Å². The van der Waals surface area contributed by atoms with Crippen molar-refractivity contribution in [2.75, 3.05) is 0 Å². The molecule has 0 saturated heterocycles. The summed E-state index contributed by atoms with van der Waals surface area (Å²) in [6, 6.07) is 9.56. The maximum atomic E-state index is 10.3. The molecule has 1 aromatic rings. The van der Waals surface area contributed by atoms with Crippen molar-refractivity contribution in [3.63, 3.8) is 0 Å². The zero-order valence-electron chi connectivity index (χ0n) is 8.18. The number of aryl methyl sites for hydroxylation is 1. The quantitative estimate of drug-likeness (QED) is 0.760. The molecule has 0 amide bonds. The summed E-state index contributed by atoms with van der Waals surface area (Å²) in [6.45, 7) is 0. The third-order valence-electron chi connectivity index (χ3n) is 1.92. The summed E-state index contributed by atoms with van der Waals surface area (Å²) in [6.07, 6.45) is 3.88. The summed E-state index contributed by atoms with van der Waals surface area (Å²) in [5, 5.41) is 16.8. The fourth-order valence-electron chi connectivity index (χ4n) is 1.16. The van der Waals surface area contributed by atoms with Crippen LogP contribution in [0.2, 0.25) is 0 Å². The number of carboxylic acids is 1. The topological polar surface area (TPSA) is 61.1 Å². The number of nitrogens with zero attached hydrogens (tertiary/aromatic N) is 1. The number of benzene rings is 1. The van der Waals surface area contributed by atoms with Crippen LogP contribution in [-0.2, 0) is 11.2 Å². The van der Waals surface area contributed by atoms with Crippen molar-refractivity contribution < 1.29 is 9.90 Å². The van der Waals surface area contributed by atoms with E-state index in [1.165, 1.54) is 6.08 Å². The Morgan fingerprint density at radius 2 is 2.07 bits per heavy atom. The molecule has 0 radical (unpaired) electrons. The number of rotatable bonds is 4. The van der Waals surface area contributed by atoms with E-state index < -0.39 is 5.97 Å². The van der Waals surface area contributed by atoms with Crippen LogP contribution < -0.4 is 0 Å². The SMILES string of the molecule is N#CCCc1ccc(/C=C/C(=O)O)cc1. The van der Waals surface area contributed by atoms with Gasteiger partial charge in [0, 0.05) is 12.5 Å². The predicted molar refractivity (Wildman–Crippen MR) is 57.0 cm³/mol. The second-order valence-electron chi connectivity index (χ2n) is 3.07. The van der Waals surface area contributed by atoms with Crippen LogP contribution in [0, 0.1) is 11.3 Å². The van der Waals surface area contributed by atoms with E-state index in [1.54, 1.807) is 0 Å². The first kappa shape index (κ1) is 11.0. The maximum Gasteiger partial charge on any atom is 0.328 e. The van der Waals surface area contributed by atoms with Crippen LogP contribution in [0.1, 0.15) is 17.5 Å². The second-order valence-corrected chi connectivity index (χ2v) is 3.07. The van der Waals surface area contributed by atoms with Crippen LogP contribution in [0.5, 0.6) is 0 Å². The van der Waals surface area contributed by atoms with Crippen molar-refractivity contribution >= 4 is 12.0 Å². The first-order chi connectivity index (χ1) is 7.22. The minimum atomic E-state index is -0.955. The van der Waals surface area contributed by atoms with E-state index in [0.717, 1.165) is 23.6 Å². The van der Waals surface area contributed by atoms with Gasteiger partial charge in [0.1, 0.15) is 0 Å². The number of nitriles is 1. The van der Waals surface area contributed by atoms with Crippen molar-refractivity contribution in [2.45, 2.75) is 12.8 Å². The summed E-state index contributed by atoms with van der Waals surface area (Å²) < 4.78 is 0. The molecule has 1 N–H and O–H groups in total. The summed E-state index contributed by atoms with van der Waals surface area (Å²) in [4.78, 5) is 10.3. The van der Waals surface area contributed by atoms with Gasteiger partial charge >= 0.3 is 5.97 Å².